The minimum Gasteiger partial charge on any atom is -0.490 e. The minimum atomic E-state index is -0.532. The highest BCUT2D eigenvalue weighted by Gasteiger charge is 2.44. The van der Waals surface area contributed by atoms with E-state index in [1.54, 1.807) is 12.1 Å². The van der Waals surface area contributed by atoms with Gasteiger partial charge in [-0.25, -0.2) is 0 Å². The van der Waals surface area contributed by atoms with Crippen LogP contribution in [0.2, 0.25) is 0 Å². The molecule has 0 bridgehead atoms. The summed E-state index contributed by atoms with van der Waals surface area (Å²) in [4.78, 5) is 28.0. The number of benzene rings is 2. The zero-order valence-electron chi connectivity index (χ0n) is 20.7. The molecule has 2 aliphatic heterocycles. The number of hydrogen-bond acceptors (Lipinski definition) is 5. The summed E-state index contributed by atoms with van der Waals surface area (Å²) in [6, 6.07) is 9.31. The van der Waals surface area contributed by atoms with Crippen molar-refractivity contribution in [2.75, 3.05) is 26.3 Å². The number of piperidine rings is 1. The average Bonchev–Trinajstić information content (AvgIpc) is 2.82. The summed E-state index contributed by atoms with van der Waals surface area (Å²) in [6.45, 7) is 10.3. The first-order valence-corrected chi connectivity index (χ1v) is 12.4. The zero-order chi connectivity index (χ0) is 24.3. The van der Waals surface area contributed by atoms with E-state index in [1.165, 1.54) is 0 Å². The van der Waals surface area contributed by atoms with E-state index in [-0.39, 0.29) is 11.7 Å². The van der Waals surface area contributed by atoms with Crippen LogP contribution in [0.3, 0.4) is 0 Å². The molecule has 2 heterocycles. The van der Waals surface area contributed by atoms with Gasteiger partial charge in [0.1, 0.15) is 11.4 Å². The molecule has 0 aromatic heterocycles. The second-order valence-electron chi connectivity index (χ2n) is 9.41. The van der Waals surface area contributed by atoms with Gasteiger partial charge in [-0.3, -0.25) is 9.59 Å². The summed E-state index contributed by atoms with van der Waals surface area (Å²) in [7, 11) is 0. The third-order valence-electron chi connectivity index (χ3n) is 6.91. The summed E-state index contributed by atoms with van der Waals surface area (Å²) in [5, 5.41) is 0. The SMILES string of the molecule is CCCCOc1ccc(C(=O)N2CCC3(CC2)CC(=O)c2cc(C)c(C)cc2O3)cc1OCC. The zero-order valence-corrected chi connectivity index (χ0v) is 20.7. The highest BCUT2D eigenvalue weighted by molar-refractivity contribution is 6.01. The molecule has 0 saturated carbocycles. The van der Waals surface area contributed by atoms with Crippen LogP contribution in [0, 0.1) is 13.8 Å². The number of carbonyl (C=O) groups is 2. The smallest absolute Gasteiger partial charge is 0.253 e. The van der Waals surface area contributed by atoms with Crippen LogP contribution in [0.25, 0.3) is 0 Å². The molecule has 0 atom stereocenters. The Labute approximate surface area is 202 Å². The molecule has 1 spiro atoms. The quantitative estimate of drug-likeness (QED) is 0.504. The summed E-state index contributed by atoms with van der Waals surface area (Å²) >= 11 is 0. The molecule has 1 saturated heterocycles. The molecule has 0 unspecified atom stereocenters. The van der Waals surface area contributed by atoms with Crippen LogP contribution in [-0.2, 0) is 0 Å². The monoisotopic (exact) mass is 465 g/mol. The van der Waals surface area contributed by atoms with Crippen molar-refractivity contribution < 1.29 is 23.8 Å². The summed E-state index contributed by atoms with van der Waals surface area (Å²) in [5.41, 5.74) is 2.94. The molecule has 4 rings (SSSR count). The Balaban J connectivity index is 1.45. The summed E-state index contributed by atoms with van der Waals surface area (Å²) < 4.78 is 18.0. The lowest BCUT2D eigenvalue weighted by Gasteiger charge is -2.44. The average molecular weight is 466 g/mol. The Morgan fingerprint density at radius 1 is 1.03 bits per heavy atom. The van der Waals surface area contributed by atoms with Crippen molar-refractivity contribution in [3.8, 4) is 17.2 Å². The van der Waals surface area contributed by atoms with E-state index < -0.39 is 5.60 Å². The Kier molecular flexibility index (Phi) is 7.15. The first-order chi connectivity index (χ1) is 16.4. The van der Waals surface area contributed by atoms with Gasteiger partial charge in [0.2, 0.25) is 0 Å². The van der Waals surface area contributed by atoms with Crippen molar-refractivity contribution in [1.29, 1.82) is 0 Å². The van der Waals surface area contributed by atoms with Crippen molar-refractivity contribution in [2.45, 2.75) is 65.4 Å². The molecule has 182 valence electrons. The number of rotatable bonds is 7. The molecule has 2 aromatic carbocycles. The minimum absolute atomic E-state index is 0.0371. The number of likely N-dealkylation sites (tertiary alicyclic amines) is 1. The van der Waals surface area contributed by atoms with Crippen molar-refractivity contribution >= 4 is 11.7 Å². The molecule has 6 nitrogen and oxygen atoms in total. The Morgan fingerprint density at radius 3 is 2.47 bits per heavy atom. The summed E-state index contributed by atoms with van der Waals surface area (Å²) in [6.07, 6.45) is 3.65. The maximum Gasteiger partial charge on any atom is 0.253 e. The number of amides is 1. The molecule has 2 aromatic rings. The lowest BCUT2D eigenvalue weighted by molar-refractivity contribution is -0.00576. The normalized spacial score (nSPS) is 16.7. The van der Waals surface area contributed by atoms with E-state index in [9.17, 15) is 9.59 Å². The molecule has 0 radical (unpaired) electrons. The molecule has 1 amide bonds. The maximum atomic E-state index is 13.3. The number of unbranched alkanes of at least 4 members (excludes halogenated alkanes) is 1. The van der Waals surface area contributed by atoms with Crippen molar-refractivity contribution in [3.63, 3.8) is 0 Å². The van der Waals surface area contributed by atoms with Gasteiger partial charge in [-0.1, -0.05) is 13.3 Å². The van der Waals surface area contributed by atoms with Gasteiger partial charge in [-0.05, 0) is 68.7 Å². The highest BCUT2D eigenvalue weighted by atomic mass is 16.5. The Hall–Kier alpha value is -3.02. The fourth-order valence-corrected chi connectivity index (χ4v) is 4.68. The van der Waals surface area contributed by atoms with E-state index >= 15 is 0 Å². The lowest BCUT2D eigenvalue weighted by atomic mass is 9.81. The van der Waals surface area contributed by atoms with Gasteiger partial charge in [0, 0.05) is 31.5 Å². The number of ketones is 1. The van der Waals surface area contributed by atoms with E-state index in [0.717, 1.165) is 24.0 Å². The second-order valence-corrected chi connectivity index (χ2v) is 9.41. The predicted octanol–water partition coefficient (Wildman–Crippen LogP) is 5.52. The van der Waals surface area contributed by atoms with Gasteiger partial charge < -0.3 is 19.1 Å². The highest BCUT2D eigenvalue weighted by Crippen LogP contribution is 2.40. The number of ether oxygens (including phenoxy) is 3. The standard InChI is InChI=1S/C28H35NO5/c1-5-7-14-33-24-9-8-21(17-26(24)32-6-2)27(31)29-12-10-28(11-13-29)18-23(30)22-15-19(3)20(4)16-25(22)34-28/h8-9,15-17H,5-7,10-14,18H2,1-4H3. The predicted molar refractivity (Wildman–Crippen MR) is 131 cm³/mol. The van der Waals surface area contributed by atoms with Gasteiger partial charge in [0.15, 0.2) is 17.3 Å². The second kappa shape index (κ2) is 10.1. The van der Waals surface area contributed by atoms with E-state index in [0.29, 0.717) is 73.9 Å². The van der Waals surface area contributed by atoms with Crippen molar-refractivity contribution in [1.82, 2.24) is 4.90 Å². The largest absolute Gasteiger partial charge is 0.490 e. The molecule has 1 fully saturated rings. The van der Waals surface area contributed by atoms with E-state index in [2.05, 4.69) is 6.92 Å². The number of Topliss-reactive ketones (excluding diaryl/α,β-unsaturated/α-hetero) is 1. The summed E-state index contributed by atoms with van der Waals surface area (Å²) in [5.74, 6) is 2.04. The van der Waals surface area contributed by atoms with Gasteiger partial charge in [0.05, 0.1) is 25.2 Å². The molecule has 34 heavy (non-hydrogen) atoms. The van der Waals surface area contributed by atoms with Gasteiger partial charge in [-0.15, -0.1) is 0 Å². The van der Waals surface area contributed by atoms with Crippen LogP contribution < -0.4 is 14.2 Å². The molecular formula is C28H35NO5. The number of nitrogens with zero attached hydrogens (tertiary/aromatic N) is 1. The Bertz CT molecular complexity index is 1070. The van der Waals surface area contributed by atoms with Crippen LogP contribution in [0.1, 0.15) is 77.8 Å². The number of hydrogen-bond donors (Lipinski definition) is 0. The molecule has 0 N–H and O–H groups in total. The third-order valence-corrected chi connectivity index (χ3v) is 6.91. The number of fused-ring (bicyclic) bond motifs is 1. The fraction of sp³-hybridized carbons (Fsp3) is 0.500. The van der Waals surface area contributed by atoms with Crippen molar-refractivity contribution in [3.05, 3.63) is 52.6 Å². The van der Waals surface area contributed by atoms with Crippen LogP contribution >= 0.6 is 0 Å². The molecule has 6 heteroatoms. The molecular weight excluding hydrogens is 430 g/mol. The topological polar surface area (TPSA) is 65.1 Å². The fourth-order valence-electron chi connectivity index (χ4n) is 4.68. The first kappa shape index (κ1) is 24.1. The van der Waals surface area contributed by atoms with Gasteiger partial charge in [0.25, 0.3) is 5.91 Å². The van der Waals surface area contributed by atoms with E-state index in [1.807, 2.05) is 43.9 Å². The molecule has 2 aliphatic rings. The Morgan fingerprint density at radius 2 is 1.76 bits per heavy atom. The van der Waals surface area contributed by atoms with Gasteiger partial charge in [-0.2, -0.15) is 0 Å². The lowest BCUT2D eigenvalue weighted by Crippen LogP contribution is -2.52. The maximum absolute atomic E-state index is 13.3. The van der Waals surface area contributed by atoms with Crippen molar-refractivity contribution in [2.24, 2.45) is 0 Å². The van der Waals surface area contributed by atoms with Gasteiger partial charge >= 0.3 is 0 Å². The van der Waals surface area contributed by atoms with Crippen LogP contribution in [-0.4, -0.2) is 48.5 Å². The number of carbonyl (C=O) groups excluding carboxylic acids is 2. The van der Waals surface area contributed by atoms with Crippen LogP contribution in [0.5, 0.6) is 17.2 Å². The van der Waals surface area contributed by atoms with Crippen LogP contribution in [0.4, 0.5) is 0 Å². The molecule has 0 aliphatic carbocycles. The van der Waals surface area contributed by atoms with E-state index in [4.69, 9.17) is 14.2 Å². The van der Waals surface area contributed by atoms with Crippen LogP contribution in [0.15, 0.2) is 30.3 Å². The number of aryl methyl sites for hydroxylation is 2. The first-order valence-electron chi connectivity index (χ1n) is 12.4. The third kappa shape index (κ3) is 4.91.